The number of Topliss-reactive ketones (excluding diaryl/α,β-unsaturated/α-hetero) is 1. The van der Waals surface area contributed by atoms with Gasteiger partial charge in [0.1, 0.15) is 17.2 Å². The monoisotopic (exact) mass is 773 g/mol. The Morgan fingerprint density at radius 2 is 1.13 bits per heavy atom. The zero-order chi connectivity index (χ0) is 39.5. The molecule has 302 valence electrons. The number of rotatable bonds is 6. The average molecular weight is 774 g/mol. The number of aliphatic hydroxyl groups excluding tert-OH is 1. The van der Waals surface area contributed by atoms with E-state index in [0.29, 0.717) is 37.4 Å². The van der Waals surface area contributed by atoms with Gasteiger partial charge in [-0.1, -0.05) is 72.5 Å². The Bertz CT molecular complexity index is 1500. The van der Waals surface area contributed by atoms with E-state index in [1.807, 2.05) is 52.0 Å². The lowest BCUT2D eigenvalue weighted by Gasteiger charge is -2.29. The van der Waals surface area contributed by atoms with Crippen molar-refractivity contribution in [3.63, 3.8) is 0 Å². The molecule has 2 saturated heterocycles. The number of aryl methyl sites for hydroxylation is 2. The molecule has 0 radical (unpaired) electrons. The topological polar surface area (TPSA) is 126 Å². The van der Waals surface area contributed by atoms with Crippen LogP contribution >= 0.6 is 12.4 Å². The molecule has 0 bridgehead atoms. The van der Waals surface area contributed by atoms with Gasteiger partial charge in [-0.2, -0.15) is 0 Å². The Hall–Kier alpha value is -3.67. The summed E-state index contributed by atoms with van der Waals surface area (Å²) in [6, 6.07) is 14.9. The lowest BCUT2D eigenvalue weighted by molar-refractivity contribution is -0.173. The van der Waals surface area contributed by atoms with Crippen LogP contribution in [0, 0.1) is 19.8 Å². The Kier molecular flexibility index (Phi) is 18.0. The van der Waals surface area contributed by atoms with Crippen molar-refractivity contribution in [1.29, 1.82) is 0 Å². The summed E-state index contributed by atoms with van der Waals surface area (Å²) >= 11 is 0. The number of hydrogen-bond acceptors (Lipinski definition) is 8. The SMILES string of the molecule is CON(C)C(=O)[C@H]1CCCN1C(=O)OC(C)(C)C.Cc1ccc(C(=O)[C@H]2CCCN2C(=O)OC(C)(C)C)cc1.Cc1ccc([C@H](O)C2CCCC2)cc1.Cl. The highest BCUT2D eigenvalue weighted by Gasteiger charge is 2.39. The van der Waals surface area contributed by atoms with Crippen LogP contribution in [-0.2, 0) is 19.1 Å². The Balaban J connectivity index is 0.000000283. The largest absolute Gasteiger partial charge is 0.444 e. The number of ketones is 1. The zero-order valence-electron chi connectivity index (χ0n) is 34.1. The van der Waals surface area contributed by atoms with Crippen LogP contribution in [0.3, 0.4) is 0 Å². The summed E-state index contributed by atoms with van der Waals surface area (Å²) in [6.07, 6.45) is 6.85. The number of benzene rings is 2. The van der Waals surface area contributed by atoms with Crippen LogP contribution < -0.4 is 0 Å². The molecule has 0 spiro atoms. The normalized spacial score (nSPS) is 19.0. The van der Waals surface area contributed by atoms with Gasteiger partial charge in [0, 0.05) is 25.7 Å². The molecule has 0 unspecified atom stereocenters. The molecule has 3 aliphatic rings. The van der Waals surface area contributed by atoms with Gasteiger partial charge in [-0.25, -0.2) is 14.7 Å². The molecular weight excluding hydrogens is 710 g/mol. The summed E-state index contributed by atoms with van der Waals surface area (Å²) in [4.78, 5) is 56.7. The van der Waals surface area contributed by atoms with Crippen molar-refractivity contribution >= 4 is 36.3 Å². The number of halogens is 1. The Morgan fingerprint density at radius 1 is 0.704 bits per heavy atom. The van der Waals surface area contributed by atoms with Crippen molar-refractivity contribution in [2.45, 2.75) is 136 Å². The molecule has 2 aliphatic heterocycles. The van der Waals surface area contributed by atoms with Gasteiger partial charge in [0.05, 0.1) is 19.3 Å². The number of carbonyl (C=O) groups is 4. The van der Waals surface area contributed by atoms with Crippen molar-refractivity contribution in [2.24, 2.45) is 5.92 Å². The molecule has 3 fully saturated rings. The molecule has 1 aliphatic carbocycles. The number of hydrogen-bond donors (Lipinski definition) is 1. The van der Waals surface area contributed by atoms with Crippen molar-refractivity contribution in [1.82, 2.24) is 14.9 Å². The van der Waals surface area contributed by atoms with Gasteiger partial charge in [0.15, 0.2) is 5.78 Å². The molecule has 12 heteroatoms. The van der Waals surface area contributed by atoms with Gasteiger partial charge in [-0.05, 0) is 105 Å². The number of amides is 3. The van der Waals surface area contributed by atoms with Crippen molar-refractivity contribution < 1.29 is 38.6 Å². The van der Waals surface area contributed by atoms with Gasteiger partial charge in [-0.3, -0.25) is 24.2 Å². The van der Waals surface area contributed by atoms with Crippen molar-refractivity contribution in [3.8, 4) is 0 Å². The summed E-state index contributed by atoms with van der Waals surface area (Å²) in [5, 5.41) is 11.3. The van der Waals surface area contributed by atoms with Crippen LogP contribution in [0.15, 0.2) is 48.5 Å². The lowest BCUT2D eigenvalue weighted by atomic mass is 9.94. The molecule has 3 amide bonds. The molecule has 2 aromatic carbocycles. The Labute approximate surface area is 329 Å². The first-order valence-electron chi connectivity index (χ1n) is 19.0. The van der Waals surface area contributed by atoms with Gasteiger partial charge < -0.3 is 14.6 Å². The van der Waals surface area contributed by atoms with E-state index in [2.05, 4.69) is 31.2 Å². The minimum atomic E-state index is -0.555. The van der Waals surface area contributed by atoms with E-state index >= 15 is 0 Å². The summed E-state index contributed by atoms with van der Waals surface area (Å²) in [5.74, 6) is 0.275. The number of hydroxylamine groups is 2. The number of nitrogens with zero attached hydrogens (tertiary/aromatic N) is 3. The van der Waals surface area contributed by atoms with Gasteiger partial charge in [0.25, 0.3) is 5.91 Å². The fourth-order valence-corrected chi connectivity index (χ4v) is 6.66. The first-order valence-corrected chi connectivity index (χ1v) is 19.0. The average Bonchev–Trinajstić information content (AvgIpc) is 3.89. The van der Waals surface area contributed by atoms with Crippen LogP contribution in [0.2, 0.25) is 0 Å². The number of ether oxygens (including phenoxy) is 2. The second kappa shape index (κ2) is 20.9. The van der Waals surface area contributed by atoms with Crippen LogP contribution in [0.1, 0.15) is 126 Å². The summed E-state index contributed by atoms with van der Waals surface area (Å²) in [5.41, 5.74) is 3.01. The smallest absolute Gasteiger partial charge is 0.410 e. The second-order valence-electron chi connectivity index (χ2n) is 16.3. The van der Waals surface area contributed by atoms with E-state index in [0.717, 1.165) is 29.0 Å². The third-order valence-corrected chi connectivity index (χ3v) is 9.53. The highest BCUT2D eigenvalue weighted by molar-refractivity contribution is 6.01. The summed E-state index contributed by atoms with van der Waals surface area (Å²) in [7, 11) is 2.96. The fraction of sp³-hybridized carbons (Fsp3) is 0.619. The fourth-order valence-electron chi connectivity index (χ4n) is 6.66. The maximum atomic E-state index is 12.6. The second-order valence-corrected chi connectivity index (χ2v) is 16.3. The maximum Gasteiger partial charge on any atom is 0.410 e. The van der Waals surface area contributed by atoms with Crippen molar-refractivity contribution in [3.05, 3.63) is 70.8 Å². The quantitative estimate of drug-likeness (QED) is 0.229. The van der Waals surface area contributed by atoms with Crippen molar-refractivity contribution in [2.75, 3.05) is 27.2 Å². The van der Waals surface area contributed by atoms with E-state index in [9.17, 15) is 24.3 Å². The standard InChI is InChI=1S/C17H23NO3.C13H18O.C12H22N2O4.ClH/c1-12-7-9-13(10-8-12)15(19)14-6-5-11-18(14)16(20)21-17(2,3)4;1-10-6-8-12(9-7-10)13(14)11-4-2-3-5-11;1-12(2,3)18-11(16)14-8-6-7-9(14)10(15)13(4)17-5;/h7-10,14H,5-6,11H2,1-4H3;6-9,11,13-14H,2-5H2,1H3;9H,6-8H2,1-5H3;1H/t14-;13-;9-;/m111./s1. The highest BCUT2D eigenvalue weighted by Crippen LogP contribution is 2.35. The molecule has 54 heavy (non-hydrogen) atoms. The van der Waals surface area contributed by atoms with Gasteiger partial charge in [0.2, 0.25) is 0 Å². The van der Waals surface area contributed by atoms with Gasteiger partial charge >= 0.3 is 12.2 Å². The predicted octanol–water partition coefficient (Wildman–Crippen LogP) is 8.62. The molecule has 2 aromatic rings. The van der Waals surface area contributed by atoms with E-state index in [-0.39, 0.29) is 30.2 Å². The van der Waals surface area contributed by atoms with E-state index < -0.39 is 35.5 Å². The minimum absolute atomic E-state index is 0. The lowest BCUT2D eigenvalue weighted by Crippen LogP contribution is -2.47. The molecule has 0 aromatic heterocycles. The molecule has 3 atom stereocenters. The molecule has 1 saturated carbocycles. The highest BCUT2D eigenvalue weighted by atomic mass is 35.5. The molecule has 1 N–H and O–H groups in total. The number of aliphatic hydroxyl groups is 1. The molecule has 2 heterocycles. The predicted molar refractivity (Wildman–Crippen MR) is 213 cm³/mol. The number of likely N-dealkylation sites (tertiary alicyclic amines) is 2. The maximum absolute atomic E-state index is 12.6. The van der Waals surface area contributed by atoms with E-state index in [1.165, 1.54) is 50.3 Å². The van der Waals surface area contributed by atoms with E-state index in [4.69, 9.17) is 14.3 Å². The van der Waals surface area contributed by atoms with Crippen LogP contribution in [0.25, 0.3) is 0 Å². The van der Waals surface area contributed by atoms with Crippen LogP contribution in [0.4, 0.5) is 9.59 Å². The Morgan fingerprint density at radius 3 is 1.57 bits per heavy atom. The molecule has 11 nitrogen and oxygen atoms in total. The van der Waals surface area contributed by atoms with Crippen LogP contribution in [-0.4, -0.2) is 94.4 Å². The van der Waals surface area contributed by atoms with Gasteiger partial charge in [-0.15, -0.1) is 12.4 Å². The first-order chi connectivity index (χ1) is 24.8. The summed E-state index contributed by atoms with van der Waals surface area (Å²) in [6.45, 7) is 16.1. The zero-order valence-corrected chi connectivity index (χ0v) is 34.9. The molecular formula is C42H64ClN3O8. The number of carbonyl (C=O) groups excluding carboxylic acids is 4. The third kappa shape index (κ3) is 14.2. The number of likely N-dealkylation sites (N-methyl/N-ethyl adjacent to an activating group) is 1. The minimum Gasteiger partial charge on any atom is -0.444 e. The van der Waals surface area contributed by atoms with Crippen LogP contribution in [0.5, 0.6) is 0 Å². The summed E-state index contributed by atoms with van der Waals surface area (Å²) < 4.78 is 10.7. The third-order valence-electron chi connectivity index (χ3n) is 9.53. The molecule has 5 rings (SSSR count). The van der Waals surface area contributed by atoms with E-state index in [1.54, 1.807) is 25.7 Å². The first kappa shape index (κ1) is 46.5.